The van der Waals surface area contributed by atoms with Gasteiger partial charge in [0.25, 0.3) is 0 Å². The molecule has 2 heterocycles. The Morgan fingerprint density at radius 3 is 2.82 bits per heavy atom. The van der Waals surface area contributed by atoms with Crippen molar-refractivity contribution in [2.24, 2.45) is 0 Å². The lowest BCUT2D eigenvalue weighted by atomic mass is 10.2. The van der Waals surface area contributed by atoms with Crippen LogP contribution < -0.4 is 10.2 Å². The summed E-state index contributed by atoms with van der Waals surface area (Å²) in [5.41, 5.74) is 0.491. The Bertz CT molecular complexity index is 862. The molecule has 0 aliphatic heterocycles. The number of benzene rings is 1. The van der Waals surface area contributed by atoms with Gasteiger partial charge in [0.2, 0.25) is 5.88 Å². The van der Waals surface area contributed by atoms with Gasteiger partial charge in [-0.25, -0.2) is 0 Å². The lowest BCUT2D eigenvalue weighted by Crippen LogP contribution is -2.04. The minimum Gasteiger partial charge on any atom is -0.474 e. The summed E-state index contributed by atoms with van der Waals surface area (Å²) in [6.45, 7) is 0.0240. The molecule has 0 saturated carbocycles. The standard InChI is InChI=1S/C15H11ClN2O4/c16-10-3-1-2-9-12(20)8-13(22-15(9)10)11-4-5-14(18-17-11)21-7-6-19/h1-5,8,19H,6-7H2. The summed E-state index contributed by atoms with van der Waals surface area (Å²) < 4.78 is 10.8. The van der Waals surface area contributed by atoms with Crippen molar-refractivity contribution in [2.45, 2.75) is 0 Å². The highest BCUT2D eigenvalue weighted by molar-refractivity contribution is 6.34. The maximum absolute atomic E-state index is 12.1. The second kappa shape index (κ2) is 6.13. The lowest BCUT2D eigenvalue weighted by molar-refractivity contribution is 0.195. The molecular formula is C15H11ClN2O4. The Morgan fingerprint density at radius 1 is 1.23 bits per heavy atom. The third-order valence-corrected chi connectivity index (χ3v) is 3.24. The molecular weight excluding hydrogens is 308 g/mol. The molecule has 0 unspecified atom stereocenters. The molecule has 1 aromatic carbocycles. The van der Waals surface area contributed by atoms with Crippen LogP contribution >= 0.6 is 11.6 Å². The number of aliphatic hydroxyl groups is 1. The minimum atomic E-state index is -0.207. The second-order valence-electron chi connectivity index (χ2n) is 4.42. The minimum absolute atomic E-state index is 0.110. The van der Waals surface area contributed by atoms with Gasteiger partial charge in [0.1, 0.15) is 12.3 Å². The highest BCUT2D eigenvalue weighted by Gasteiger charge is 2.11. The topological polar surface area (TPSA) is 85.5 Å². The highest BCUT2D eigenvalue weighted by Crippen LogP contribution is 2.25. The van der Waals surface area contributed by atoms with Crippen LogP contribution in [0.3, 0.4) is 0 Å². The van der Waals surface area contributed by atoms with E-state index < -0.39 is 0 Å². The summed E-state index contributed by atoms with van der Waals surface area (Å²) in [7, 11) is 0. The first-order valence-corrected chi connectivity index (χ1v) is 6.87. The summed E-state index contributed by atoms with van der Waals surface area (Å²) in [6.07, 6.45) is 0. The van der Waals surface area contributed by atoms with Crippen molar-refractivity contribution >= 4 is 22.6 Å². The number of ether oxygens (including phenoxy) is 1. The van der Waals surface area contributed by atoms with Crippen molar-refractivity contribution in [1.82, 2.24) is 10.2 Å². The van der Waals surface area contributed by atoms with Gasteiger partial charge in [0, 0.05) is 12.1 Å². The normalized spacial score (nSPS) is 10.8. The fraction of sp³-hybridized carbons (Fsp3) is 0.133. The van der Waals surface area contributed by atoms with E-state index in [1.807, 2.05) is 0 Å². The monoisotopic (exact) mass is 318 g/mol. The first kappa shape index (κ1) is 14.5. The molecule has 0 aliphatic carbocycles. The van der Waals surface area contributed by atoms with E-state index in [1.54, 1.807) is 30.3 Å². The van der Waals surface area contributed by atoms with Gasteiger partial charge in [-0.05, 0) is 18.2 Å². The van der Waals surface area contributed by atoms with E-state index in [0.717, 1.165) is 0 Å². The average Bonchev–Trinajstić information content (AvgIpc) is 2.54. The van der Waals surface area contributed by atoms with Crippen LogP contribution in [0.4, 0.5) is 0 Å². The second-order valence-corrected chi connectivity index (χ2v) is 4.83. The van der Waals surface area contributed by atoms with Gasteiger partial charge < -0.3 is 14.3 Å². The number of rotatable bonds is 4. The third-order valence-electron chi connectivity index (χ3n) is 2.94. The molecule has 0 atom stereocenters. The van der Waals surface area contributed by atoms with Crippen LogP contribution in [0.2, 0.25) is 5.02 Å². The molecule has 3 aromatic rings. The van der Waals surface area contributed by atoms with Crippen LogP contribution in [0.15, 0.2) is 45.6 Å². The fourth-order valence-corrected chi connectivity index (χ4v) is 2.16. The Balaban J connectivity index is 2.03. The van der Waals surface area contributed by atoms with Crippen LogP contribution in [0.5, 0.6) is 5.88 Å². The molecule has 7 heteroatoms. The van der Waals surface area contributed by atoms with Gasteiger partial charge in [-0.1, -0.05) is 17.7 Å². The van der Waals surface area contributed by atoms with Crippen LogP contribution in [0.1, 0.15) is 0 Å². The van der Waals surface area contributed by atoms with E-state index in [0.29, 0.717) is 21.7 Å². The summed E-state index contributed by atoms with van der Waals surface area (Å²) in [6, 6.07) is 9.52. The molecule has 22 heavy (non-hydrogen) atoms. The van der Waals surface area contributed by atoms with Gasteiger partial charge in [-0.15, -0.1) is 10.2 Å². The number of aromatic nitrogens is 2. The van der Waals surface area contributed by atoms with E-state index in [2.05, 4.69) is 10.2 Å². The first-order chi connectivity index (χ1) is 10.7. The van der Waals surface area contributed by atoms with Gasteiger partial charge >= 0.3 is 0 Å². The number of hydrogen-bond donors (Lipinski definition) is 1. The lowest BCUT2D eigenvalue weighted by Gasteiger charge is -2.05. The number of nitrogens with zero attached hydrogens (tertiary/aromatic N) is 2. The molecule has 0 amide bonds. The van der Waals surface area contributed by atoms with E-state index >= 15 is 0 Å². The summed E-state index contributed by atoms with van der Waals surface area (Å²) >= 11 is 6.06. The molecule has 0 saturated heterocycles. The van der Waals surface area contributed by atoms with Gasteiger partial charge in [-0.3, -0.25) is 4.79 Å². The summed E-state index contributed by atoms with van der Waals surface area (Å²) in [5.74, 6) is 0.547. The number of para-hydroxylation sites is 1. The van der Waals surface area contributed by atoms with Crippen molar-refractivity contribution in [3.05, 3.63) is 51.6 Å². The summed E-state index contributed by atoms with van der Waals surface area (Å²) in [4.78, 5) is 12.1. The number of hydrogen-bond acceptors (Lipinski definition) is 6. The molecule has 0 aliphatic rings. The molecule has 112 valence electrons. The molecule has 0 radical (unpaired) electrons. The van der Waals surface area contributed by atoms with Crippen molar-refractivity contribution in [1.29, 1.82) is 0 Å². The van der Waals surface area contributed by atoms with Crippen molar-refractivity contribution in [3.63, 3.8) is 0 Å². The predicted molar refractivity (Wildman–Crippen MR) is 81.1 cm³/mol. The first-order valence-electron chi connectivity index (χ1n) is 6.49. The van der Waals surface area contributed by atoms with E-state index in [1.165, 1.54) is 6.07 Å². The van der Waals surface area contributed by atoms with Crippen LogP contribution in [0, 0.1) is 0 Å². The number of fused-ring (bicyclic) bond motifs is 1. The molecule has 0 fully saturated rings. The van der Waals surface area contributed by atoms with Crippen LogP contribution in [-0.2, 0) is 0 Å². The van der Waals surface area contributed by atoms with E-state index in [9.17, 15) is 4.79 Å². The molecule has 1 N–H and O–H groups in total. The molecule has 3 rings (SSSR count). The Kier molecular flexibility index (Phi) is 4.04. The fourth-order valence-electron chi connectivity index (χ4n) is 1.95. The molecule has 0 bridgehead atoms. The molecule has 6 nitrogen and oxygen atoms in total. The van der Waals surface area contributed by atoms with Crippen molar-refractivity contribution in [2.75, 3.05) is 13.2 Å². The predicted octanol–water partition coefficient (Wildman–Crippen LogP) is 2.27. The maximum atomic E-state index is 12.1. The zero-order chi connectivity index (χ0) is 15.5. The van der Waals surface area contributed by atoms with Gasteiger partial charge in [0.15, 0.2) is 16.8 Å². The Hall–Kier alpha value is -2.44. The highest BCUT2D eigenvalue weighted by atomic mass is 35.5. The quantitative estimate of drug-likeness (QED) is 0.794. The summed E-state index contributed by atoms with van der Waals surface area (Å²) in [5, 5.41) is 17.2. The number of halogens is 1. The largest absolute Gasteiger partial charge is 0.474 e. The zero-order valence-electron chi connectivity index (χ0n) is 11.3. The van der Waals surface area contributed by atoms with E-state index in [-0.39, 0.29) is 30.3 Å². The van der Waals surface area contributed by atoms with Gasteiger partial charge in [0.05, 0.1) is 17.0 Å². The smallest absolute Gasteiger partial charge is 0.233 e. The SMILES string of the molecule is O=c1cc(-c2ccc(OCCO)nn2)oc2c(Cl)cccc12. The Morgan fingerprint density at radius 2 is 2.09 bits per heavy atom. The zero-order valence-corrected chi connectivity index (χ0v) is 12.1. The molecule has 0 spiro atoms. The average molecular weight is 319 g/mol. The molecule has 2 aromatic heterocycles. The maximum Gasteiger partial charge on any atom is 0.233 e. The number of aliphatic hydroxyl groups excluding tert-OH is 1. The van der Waals surface area contributed by atoms with Crippen molar-refractivity contribution in [3.8, 4) is 17.3 Å². The van der Waals surface area contributed by atoms with Crippen LogP contribution in [0.25, 0.3) is 22.4 Å². The van der Waals surface area contributed by atoms with Gasteiger partial charge in [-0.2, -0.15) is 0 Å². The van der Waals surface area contributed by atoms with Crippen molar-refractivity contribution < 1.29 is 14.3 Å². The third kappa shape index (κ3) is 2.79. The van der Waals surface area contributed by atoms with Crippen LogP contribution in [-0.4, -0.2) is 28.5 Å². The Labute approximate surface area is 129 Å². The van der Waals surface area contributed by atoms with E-state index in [4.69, 9.17) is 25.9 Å².